The molecule has 4 aromatic rings. The molecule has 1 aliphatic heterocycles. The number of ether oxygens (including phenoxy) is 3. The average Bonchev–Trinajstić information content (AvgIpc) is 3.50. The highest BCUT2D eigenvalue weighted by Gasteiger charge is 2.20. The van der Waals surface area contributed by atoms with E-state index in [0.29, 0.717) is 35.5 Å². The number of aromatic nitrogens is 5. The van der Waals surface area contributed by atoms with E-state index in [9.17, 15) is 9.59 Å². The number of morpholine rings is 1. The summed E-state index contributed by atoms with van der Waals surface area (Å²) in [5.41, 5.74) is 10.3. The van der Waals surface area contributed by atoms with E-state index in [2.05, 4.69) is 38.6 Å². The van der Waals surface area contributed by atoms with Crippen molar-refractivity contribution < 1.29 is 19.0 Å². The van der Waals surface area contributed by atoms with Crippen molar-refractivity contribution in [3.8, 4) is 17.0 Å². The van der Waals surface area contributed by atoms with Crippen molar-refractivity contribution >= 4 is 28.6 Å². The summed E-state index contributed by atoms with van der Waals surface area (Å²) in [5, 5.41) is 4.29. The maximum atomic E-state index is 12.9. The number of aryl methyl sites for hydroxylation is 2. The van der Waals surface area contributed by atoms with Crippen LogP contribution >= 0.6 is 0 Å². The third-order valence-electron chi connectivity index (χ3n) is 7.49. The fraction of sp³-hybridized carbons (Fsp3) is 0.448. The predicted octanol–water partition coefficient (Wildman–Crippen LogP) is 2.84. The van der Waals surface area contributed by atoms with Crippen molar-refractivity contribution in [3.05, 3.63) is 52.6 Å². The zero-order valence-electron chi connectivity index (χ0n) is 24.0. The van der Waals surface area contributed by atoms with E-state index < -0.39 is 5.97 Å². The largest absolute Gasteiger partial charge is 0.477 e. The third kappa shape index (κ3) is 5.92. The molecule has 4 heterocycles. The number of methoxy groups -OCH3 is 1. The minimum absolute atomic E-state index is 0.258. The Morgan fingerprint density at radius 1 is 1.17 bits per heavy atom. The molecule has 1 atom stereocenters. The van der Waals surface area contributed by atoms with Crippen LogP contribution in [-0.2, 0) is 30.1 Å². The topological polar surface area (TPSA) is 132 Å². The van der Waals surface area contributed by atoms with Crippen molar-refractivity contribution in [1.82, 2.24) is 23.9 Å². The van der Waals surface area contributed by atoms with Gasteiger partial charge in [0.15, 0.2) is 0 Å². The predicted molar refractivity (Wildman–Crippen MR) is 156 cm³/mol. The molecule has 12 heteroatoms. The van der Waals surface area contributed by atoms with Gasteiger partial charge in [-0.3, -0.25) is 4.79 Å². The number of imidazole rings is 1. The summed E-state index contributed by atoms with van der Waals surface area (Å²) >= 11 is 0. The number of hydrogen-bond acceptors (Lipinski definition) is 9. The molecule has 5 rings (SSSR count). The van der Waals surface area contributed by atoms with E-state index in [1.54, 1.807) is 25.0 Å². The Morgan fingerprint density at radius 3 is 2.71 bits per heavy atom. The van der Waals surface area contributed by atoms with Crippen LogP contribution in [-0.4, -0.2) is 69.9 Å². The Kier molecular flexibility index (Phi) is 8.29. The van der Waals surface area contributed by atoms with Gasteiger partial charge in [0, 0.05) is 45.6 Å². The number of anilines is 2. The molecule has 0 aliphatic carbocycles. The van der Waals surface area contributed by atoms with Crippen LogP contribution in [0.3, 0.4) is 0 Å². The number of benzene rings is 1. The van der Waals surface area contributed by atoms with Crippen molar-refractivity contribution in [2.45, 2.75) is 26.3 Å². The van der Waals surface area contributed by atoms with Crippen LogP contribution in [0.1, 0.15) is 30.1 Å². The maximum Gasteiger partial charge on any atom is 0.339 e. The lowest BCUT2D eigenvalue weighted by Gasteiger charge is -2.29. The number of esters is 1. The first kappa shape index (κ1) is 28.2. The first-order valence-corrected chi connectivity index (χ1v) is 13.8. The summed E-state index contributed by atoms with van der Waals surface area (Å²) in [5.74, 6) is 0.779. The van der Waals surface area contributed by atoms with E-state index in [1.165, 1.54) is 23.9 Å². The SMILES string of the molecule is COC(=O)c1cc(-c2cnn(C)c2OCCC[C@@H](C)Cn2c(N)nc3ccc(N4CCOCC4)cc32)c(=O)n(C)c1. The molecule has 2 N–H and O–H groups in total. The van der Waals surface area contributed by atoms with Gasteiger partial charge in [0.1, 0.15) is 0 Å². The lowest BCUT2D eigenvalue weighted by Crippen LogP contribution is -2.36. The molecule has 0 radical (unpaired) electrons. The highest BCUT2D eigenvalue weighted by atomic mass is 16.5. The van der Waals surface area contributed by atoms with Gasteiger partial charge in [0.05, 0.1) is 60.9 Å². The van der Waals surface area contributed by atoms with Gasteiger partial charge < -0.3 is 34.0 Å². The number of carbonyl (C=O) groups excluding carboxylic acids is 1. The normalized spacial score (nSPS) is 14.4. The number of nitrogens with two attached hydrogens (primary N) is 1. The Bertz CT molecular complexity index is 1600. The van der Waals surface area contributed by atoms with Crippen LogP contribution in [0.25, 0.3) is 22.2 Å². The Labute approximate surface area is 238 Å². The van der Waals surface area contributed by atoms with Crippen LogP contribution in [0, 0.1) is 5.92 Å². The molecule has 1 fully saturated rings. The number of hydrogen-bond donors (Lipinski definition) is 1. The number of carbonyl (C=O) groups is 1. The second kappa shape index (κ2) is 12.0. The first-order valence-electron chi connectivity index (χ1n) is 13.8. The number of nitrogen functional groups attached to an aromatic ring is 1. The molecule has 3 aromatic heterocycles. The Morgan fingerprint density at radius 2 is 1.95 bits per heavy atom. The lowest BCUT2D eigenvalue weighted by molar-refractivity contribution is 0.0599. The molecule has 218 valence electrons. The number of pyridine rings is 1. The van der Waals surface area contributed by atoms with Crippen molar-refractivity contribution in [2.75, 3.05) is 50.7 Å². The fourth-order valence-corrected chi connectivity index (χ4v) is 5.26. The van der Waals surface area contributed by atoms with Crippen LogP contribution in [0.2, 0.25) is 0 Å². The van der Waals surface area contributed by atoms with Crippen molar-refractivity contribution in [1.29, 1.82) is 0 Å². The first-order chi connectivity index (χ1) is 19.8. The van der Waals surface area contributed by atoms with Crippen LogP contribution < -0.4 is 20.9 Å². The number of fused-ring (bicyclic) bond motifs is 1. The van der Waals surface area contributed by atoms with Gasteiger partial charge in [0.2, 0.25) is 11.8 Å². The molecular formula is C29H37N7O5. The van der Waals surface area contributed by atoms with E-state index >= 15 is 0 Å². The number of nitrogens with zero attached hydrogens (tertiary/aromatic N) is 6. The smallest absolute Gasteiger partial charge is 0.339 e. The quantitative estimate of drug-likeness (QED) is 0.229. The monoisotopic (exact) mass is 563 g/mol. The molecule has 1 aromatic carbocycles. The van der Waals surface area contributed by atoms with Crippen molar-refractivity contribution in [3.63, 3.8) is 0 Å². The molecule has 0 bridgehead atoms. The van der Waals surface area contributed by atoms with E-state index in [4.69, 9.17) is 19.9 Å². The Balaban J connectivity index is 1.24. The minimum Gasteiger partial charge on any atom is -0.477 e. The summed E-state index contributed by atoms with van der Waals surface area (Å²) in [6.45, 7) is 6.57. The minimum atomic E-state index is -0.522. The highest BCUT2D eigenvalue weighted by molar-refractivity contribution is 5.90. The summed E-state index contributed by atoms with van der Waals surface area (Å²) in [6.07, 6.45) is 4.72. The Hall–Kier alpha value is -4.32. The van der Waals surface area contributed by atoms with Crippen LogP contribution in [0.15, 0.2) is 41.5 Å². The maximum absolute atomic E-state index is 12.9. The van der Waals surface area contributed by atoms with Gasteiger partial charge in [-0.1, -0.05) is 6.92 Å². The highest BCUT2D eigenvalue weighted by Crippen LogP contribution is 2.29. The second-order valence-electron chi connectivity index (χ2n) is 10.5. The van der Waals surface area contributed by atoms with Gasteiger partial charge >= 0.3 is 5.97 Å². The zero-order chi connectivity index (χ0) is 29.1. The average molecular weight is 564 g/mol. The number of rotatable bonds is 10. The summed E-state index contributed by atoms with van der Waals surface area (Å²) in [7, 11) is 4.66. The van der Waals surface area contributed by atoms with E-state index in [-0.39, 0.29) is 11.1 Å². The molecule has 1 saturated heterocycles. The molecule has 0 unspecified atom stereocenters. The van der Waals surface area contributed by atoms with Gasteiger partial charge in [-0.05, 0) is 43.0 Å². The molecule has 0 saturated carbocycles. The third-order valence-corrected chi connectivity index (χ3v) is 7.49. The van der Waals surface area contributed by atoms with E-state index in [1.807, 2.05) is 6.07 Å². The zero-order valence-corrected chi connectivity index (χ0v) is 24.0. The summed E-state index contributed by atoms with van der Waals surface area (Å²) < 4.78 is 21.5. The van der Waals surface area contributed by atoms with Gasteiger partial charge in [-0.2, -0.15) is 5.10 Å². The van der Waals surface area contributed by atoms with Gasteiger partial charge in [-0.15, -0.1) is 0 Å². The lowest BCUT2D eigenvalue weighted by atomic mass is 10.1. The molecule has 0 amide bonds. The molecule has 1 aliphatic rings. The van der Waals surface area contributed by atoms with E-state index in [0.717, 1.165) is 62.4 Å². The summed E-state index contributed by atoms with van der Waals surface area (Å²) in [4.78, 5) is 31.9. The van der Waals surface area contributed by atoms with Crippen LogP contribution in [0.4, 0.5) is 11.6 Å². The van der Waals surface area contributed by atoms with Crippen LogP contribution in [0.5, 0.6) is 5.88 Å². The molecule has 41 heavy (non-hydrogen) atoms. The van der Waals surface area contributed by atoms with Crippen molar-refractivity contribution in [2.24, 2.45) is 20.0 Å². The van der Waals surface area contributed by atoms with Gasteiger partial charge in [0.25, 0.3) is 5.56 Å². The fourth-order valence-electron chi connectivity index (χ4n) is 5.26. The standard InChI is InChI=1S/C29H37N7O5/c1-19(17-36-25-15-21(35-9-12-40-13-10-35)7-8-24(25)32-29(36)30)6-5-11-41-27-23(16-31-34(27)3)22-14-20(28(38)39-4)18-33(2)26(22)37/h7-8,14-16,18-19H,5-6,9-13,17H2,1-4H3,(H2,30,32)/t19-/m1/s1. The van der Waals surface area contributed by atoms with Gasteiger partial charge in [-0.25, -0.2) is 14.5 Å². The second-order valence-corrected chi connectivity index (χ2v) is 10.5. The molecule has 12 nitrogen and oxygen atoms in total. The summed E-state index contributed by atoms with van der Waals surface area (Å²) in [6, 6.07) is 7.82. The molecule has 0 spiro atoms. The molecular weight excluding hydrogens is 526 g/mol.